The number of hydrogen-bond donors (Lipinski definition) is 4. The maximum absolute atomic E-state index is 12.5. The normalized spacial score (nSPS) is 11.9. The summed E-state index contributed by atoms with van der Waals surface area (Å²) in [6, 6.07) is 0. The Morgan fingerprint density at radius 3 is 2.69 bits per heavy atom. The zero-order valence-corrected chi connectivity index (χ0v) is 18.1. The lowest BCUT2D eigenvalue weighted by Crippen LogP contribution is -2.45. The van der Waals surface area contributed by atoms with Crippen molar-refractivity contribution in [2.45, 2.75) is 27.2 Å². The van der Waals surface area contributed by atoms with Gasteiger partial charge in [-0.1, -0.05) is 24.9 Å². The Hall–Kier alpha value is -4.09. The number of carbonyl (C=O) groups excluding carboxylic acids is 1. The van der Waals surface area contributed by atoms with Crippen LogP contribution in [0.5, 0.6) is 0 Å². The van der Waals surface area contributed by atoms with Crippen LogP contribution in [-0.2, 0) is 4.79 Å². The molecule has 0 aliphatic carbocycles. The number of rotatable bonds is 9. The highest BCUT2D eigenvalue weighted by molar-refractivity contribution is 5.88. The number of imidazole rings is 2. The van der Waals surface area contributed by atoms with Gasteiger partial charge in [-0.05, 0) is 24.0 Å². The Labute approximate surface area is 183 Å². The summed E-state index contributed by atoms with van der Waals surface area (Å²) in [5, 5.41) is 6.42. The largest absolute Gasteiger partial charge is 0.376 e. The summed E-state index contributed by atoms with van der Waals surface area (Å²) in [6.45, 7) is 7.16. The van der Waals surface area contributed by atoms with Crippen LogP contribution in [0.1, 0.15) is 27.2 Å². The molecule has 4 rings (SSSR count). The molecule has 4 aromatic heterocycles. The minimum Gasteiger partial charge on any atom is -0.367 e. The predicted octanol–water partition coefficient (Wildman–Crippen LogP) is 1.38. The van der Waals surface area contributed by atoms with Crippen LogP contribution in [0.25, 0.3) is 22.3 Å². The third-order valence-corrected chi connectivity index (χ3v) is 4.78. The summed E-state index contributed by atoms with van der Waals surface area (Å²) in [4.78, 5) is 44.9. The van der Waals surface area contributed by atoms with Gasteiger partial charge in [-0.25, -0.2) is 19.7 Å². The van der Waals surface area contributed by atoms with Crippen molar-refractivity contribution in [2.24, 2.45) is 5.92 Å². The van der Waals surface area contributed by atoms with Crippen LogP contribution >= 0.6 is 0 Å². The number of nitrogens with zero attached hydrogens (tertiary/aromatic N) is 6. The van der Waals surface area contributed by atoms with Gasteiger partial charge < -0.3 is 15.6 Å². The monoisotopic (exact) mass is 437 g/mol. The number of fused-ring (bicyclic) bond motifs is 2. The minimum absolute atomic E-state index is 0.372. The molecule has 12 nitrogen and oxygen atoms in total. The number of anilines is 2. The summed E-state index contributed by atoms with van der Waals surface area (Å²) in [5.41, 5.74) is 2.83. The van der Waals surface area contributed by atoms with Gasteiger partial charge in [-0.3, -0.25) is 9.82 Å². The highest BCUT2D eigenvalue weighted by atomic mass is 16.7. The number of nitrogens with one attached hydrogen (secondary N) is 4. The lowest BCUT2D eigenvalue weighted by atomic mass is 10.1. The highest BCUT2D eigenvalue weighted by Gasteiger charge is 2.20. The van der Waals surface area contributed by atoms with Crippen LogP contribution in [0.2, 0.25) is 0 Å². The molecule has 32 heavy (non-hydrogen) atoms. The van der Waals surface area contributed by atoms with E-state index in [1.54, 1.807) is 19.3 Å². The second-order valence-corrected chi connectivity index (χ2v) is 7.60. The standard InChI is InChI=1S/C20H24N10O2/c1-12(2)4-6-21-18-15-19(28-10-27-18)30(11-29-15)32-20(31)13(3)5-7-22-16-14-17(24-8-23-14)26-9-25-16/h5,8-12H,4,6-7H2,1-3H3,(H3,21,22,23,24,25,26,27,28)/p+1. The molecule has 0 unspecified atom stereocenters. The maximum atomic E-state index is 12.5. The average Bonchev–Trinajstić information content (AvgIpc) is 3.41. The Bertz CT molecular complexity index is 1260. The first kappa shape index (κ1) is 21.2. The maximum Gasteiger partial charge on any atom is 0.376 e. The van der Waals surface area contributed by atoms with E-state index in [-0.39, 0.29) is 0 Å². The molecule has 0 amide bonds. The molecule has 12 heteroatoms. The van der Waals surface area contributed by atoms with Gasteiger partial charge in [-0.2, -0.15) is 4.98 Å². The number of hydrogen-bond acceptors (Lipinski definition) is 9. The van der Waals surface area contributed by atoms with E-state index in [0.29, 0.717) is 52.0 Å². The lowest BCUT2D eigenvalue weighted by Gasteiger charge is -2.06. The zero-order valence-electron chi connectivity index (χ0n) is 18.1. The van der Waals surface area contributed by atoms with Crippen molar-refractivity contribution in [1.29, 1.82) is 0 Å². The third-order valence-electron chi connectivity index (χ3n) is 4.78. The Kier molecular flexibility index (Phi) is 6.19. The summed E-state index contributed by atoms with van der Waals surface area (Å²) in [6.07, 6.45) is 8.68. The van der Waals surface area contributed by atoms with Crippen molar-refractivity contribution in [3.63, 3.8) is 0 Å². The second-order valence-electron chi connectivity index (χ2n) is 7.60. The van der Waals surface area contributed by atoms with Crippen LogP contribution in [-0.4, -0.2) is 53.9 Å². The summed E-state index contributed by atoms with van der Waals surface area (Å²) in [7, 11) is 0. The molecule has 0 saturated carbocycles. The number of carbonyl (C=O) groups is 1. The number of H-pyrrole nitrogens is 2. The lowest BCUT2D eigenvalue weighted by molar-refractivity contribution is -0.849. The molecule has 0 saturated heterocycles. The molecule has 0 atom stereocenters. The molecule has 4 aromatic rings. The predicted molar refractivity (Wildman–Crippen MR) is 118 cm³/mol. The van der Waals surface area contributed by atoms with Gasteiger partial charge in [0.25, 0.3) is 0 Å². The first-order valence-corrected chi connectivity index (χ1v) is 10.3. The van der Waals surface area contributed by atoms with Gasteiger partial charge >= 0.3 is 11.6 Å². The molecule has 0 aromatic carbocycles. The molecule has 4 N–H and O–H groups in total. The molecular formula is C20H25N10O2+. The fourth-order valence-electron chi connectivity index (χ4n) is 2.99. The van der Waals surface area contributed by atoms with E-state index in [2.05, 4.69) is 59.4 Å². The Morgan fingerprint density at radius 2 is 1.88 bits per heavy atom. The van der Waals surface area contributed by atoms with Crippen molar-refractivity contribution in [3.05, 3.63) is 37.0 Å². The Morgan fingerprint density at radius 1 is 1.09 bits per heavy atom. The molecule has 0 aliphatic rings. The minimum atomic E-state index is -0.500. The first-order valence-electron chi connectivity index (χ1n) is 10.3. The smallest absolute Gasteiger partial charge is 0.367 e. The molecule has 0 bridgehead atoms. The third kappa shape index (κ3) is 4.63. The summed E-state index contributed by atoms with van der Waals surface area (Å²) >= 11 is 0. The van der Waals surface area contributed by atoms with Gasteiger partial charge in [-0.15, -0.1) is 0 Å². The van der Waals surface area contributed by atoms with E-state index in [4.69, 9.17) is 4.84 Å². The van der Waals surface area contributed by atoms with E-state index in [1.165, 1.54) is 23.7 Å². The van der Waals surface area contributed by atoms with Gasteiger partial charge in [0.1, 0.15) is 11.8 Å². The van der Waals surface area contributed by atoms with Crippen LogP contribution in [0.3, 0.4) is 0 Å². The van der Waals surface area contributed by atoms with E-state index in [9.17, 15) is 4.79 Å². The fourth-order valence-corrected chi connectivity index (χ4v) is 2.99. The van der Waals surface area contributed by atoms with E-state index in [1.807, 2.05) is 0 Å². The van der Waals surface area contributed by atoms with Gasteiger partial charge in [0.05, 0.1) is 6.33 Å². The summed E-state index contributed by atoms with van der Waals surface area (Å²) < 4.78 is 1.30. The zero-order chi connectivity index (χ0) is 22.5. The van der Waals surface area contributed by atoms with Crippen molar-refractivity contribution in [3.8, 4) is 0 Å². The SMILES string of the molecule is CC(=CCNc1ncnc2nc[nH]c12)C(=O)O[n+]1c[nH]c2c(NCCC(C)C)ncnc21. The van der Waals surface area contributed by atoms with Crippen LogP contribution in [0.15, 0.2) is 37.0 Å². The molecule has 0 aliphatic heterocycles. The first-order chi connectivity index (χ1) is 15.5. The fraction of sp³-hybridized carbons (Fsp3) is 0.350. The number of aromatic amines is 2. The second kappa shape index (κ2) is 9.37. The molecule has 4 heterocycles. The van der Waals surface area contributed by atoms with E-state index in [0.717, 1.165) is 13.0 Å². The van der Waals surface area contributed by atoms with Gasteiger partial charge in [0.2, 0.25) is 11.8 Å². The molecule has 0 fully saturated rings. The summed E-state index contributed by atoms with van der Waals surface area (Å²) in [5.74, 6) is 1.35. The topological polar surface area (TPSA) is 150 Å². The highest BCUT2D eigenvalue weighted by Crippen LogP contribution is 2.15. The molecule has 0 spiro atoms. The van der Waals surface area contributed by atoms with E-state index >= 15 is 0 Å². The van der Waals surface area contributed by atoms with Crippen LogP contribution < -0.4 is 20.2 Å². The Balaban J connectivity index is 1.40. The van der Waals surface area contributed by atoms with Gasteiger partial charge in [0.15, 0.2) is 23.6 Å². The van der Waals surface area contributed by atoms with Crippen molar-refractivity contribution < 1.29 is 14.4 Å². The molecular weight excluding hydrogens is 412 g/mol. The van der Waals surface area contributed by atoms with Crippen molar-refractivity contribution in [2.75, 3.05) is 23.7 Å². The number of aromatic nitrogens is 8. The molecule has 166 valence electrons. The van der Waals surface area contributed by atoms with Crippen molar-refractivity contribution >= 4 is 39.9 Å². The van der Waals surface area contributed by atoms with Crippen LogP contribution in [0.4, 0.5) is 11.6 Å². The quantitative estimate of drug-likeness (QED) is 0.225. The van der Waals surface area contributed by atoms with Crippen LogP contribution in [0, 0.1) is 5.92 Å². The molecule has 0 radical (unpaired) electrons. The van der Waals surface area contributed by atoms with Gasteiger partial charge in [0, 0.05) is 18.7 Å². The average molecular weight is 437 g/mol. The van der Waals surface area contributed by atoms with E-state index < -0.39 is 5.97 Å². The van der Waals surface area contributed by atoms with Crippen molar-refractivity contribution in [1.82, 2.24) is 34.9 Å².